The van der Waals surface area contributed by atoms with Crippen LogP contribution in [-0.4, -0.2) is 6.10 Å². The quantitative estimate of drug-likeness (QED) is 0.774. The highest BCUT2D eigenvalue weighted by molar-refractivity contribution is 9.10. The summed E-state index contributed by atoms with van der Waals surface area (Å²) in [5, 5.41) is 3.17. The molecule has 112 valence electrons. The number of benzene rings is 2. The summed E-state index contributed by atoms with van der Waals surface area (Å²) in [6, 6.07) is 10.3. The maximum absolute atomic E-state index is 13.7. The van der Waals surface area contributed by atoms with E-state index in [4.69, 9.17) is 10.5 Å². The van der Waals surface area contributed by atoms with Gasteiger partial charge in [0, 0.05) is 28.3 Å². The fraction of sp³-hybridized carbons (Fsp3) is 0.250. The maximum Gasteiger partial charge on any atom is 0.144 e. The van der Waals surface area contributed by atoms with E-state index in [1.807, 2.05) is 26.0 Å². The molecule has 2 aromatic rings. The van der Waals surface area contributed by atoms with E-state index in [1.54, 1.807) is 18.2 Å². The van der Waals surface area contributed by atoms with Gasteiger partial charge in [-0.2, -0.15) is 0 Å². The standard InChI is InChI=1S/C16H18BrFN2O/c1-10(2)21-16-8-13(4-6-15(16)19)20-9-11-7-12(17)3-5-14(11)18/h3-8,10,20H,9,19H2,1-2H3. The number of anilines is 2. The van der Waals surface area contributed by atoms with Crippen molar-refractivity contribution >= 4 is 27.3 Å². The SMILES string of the molecule is CC(C)Oc1cc(NCc2cc(Br)ccc2F)ccc1N. The zero-order valence-electron chi connectivity index (χ0n) is 12.0. The Morgan fingerprint density at radius 3 is 2.71 bits per heavy atom. The van der Waals surface area contributed by atoms with Crippen LogP contribution in [0.5, 0.6) is 5.75 Å². The van der Waals surface area contributed by atoms with Gasteiger partial charge < -0.3 is 15.8 Å². The third-order valence-electron chi connectivity index (χ3n) is 2.87. The van der Waals surface area contributed by atoms with Gasteiger partial charge in [0.1, 0.15) is 11.6 Å². The molecule has 5 heteroatoms. The summed E-state index contributed by atoms with van der Waals surface area (Å²) < 4.78 is 20.2. The van der Waals surface area contributed by atoms with E-state index in [0.29, 0.717) is 23.5 Å². The number of nitrogen functional groups attached to an aromatic ring is 1. The second-order valence-corrected chi connectivity index (χ2v) is 5.92. The Labute approximate surface area is 132 Å². The van der Waals surface area contributed by atoms with Crippen molar-refractivity contribution < 1.29 is 9.13 Å². The monoisotopic (exact) mass is 352 g/mol. The maximum atomic E-state index is 13.7. The fourth-order valence-corrected chi connectivity index (χ4v) is 2.28. The van der Waals surface area contributed by atoms with Crippen LogP contribution in [-0.2, 0) is 6.54 Å². The first-order valence-corrected chi connectivity index (χ1v) is 7.49. The number of hydrogen-bond donors (Lipinski definition) is 2. The molecule has 0 saturated carbocycles. The van der Waals surface area contributed by atoms with Crippen molar-refractivity contribution in [3.05, 3.63) is 52.3 Å². The van der Waals surface area contributed by atoms with E-state index in [2.05, 4.69) is 21.2 Å². The highest BCUT2D eigenvalue weighted by Crippen LogP contribution is 2.27. The van der Waals surface area contributed by atoms with Crippen LogP contribution in [0.25, 0.3) is 0 Å². The minimum atomic E-state index is -0.236. The molecule has 0 amide bonds. The van der Waals surface area contributed by atoms with E-state index in [0.717, 1.165) is 10.2 Å². The molecule has 2 aromatic carbocycles. The lowest BCUT2D eigenvalue weighted by atomic mass is 10.2. The van der Waals surface area contributed by atoms with Crippen LogP contribution in [0.2, 0.25) is 0 Å². The molecule has 0 fully saturated rings. The number of ether oxygens (including phenoxy) is 1. The van der Waals surface area contributed by atoms with Gasteiger partial charge >= 0.3 is 0 Å². The Kier molecular flexibility index (Phi) is 5.07. The molecule has 0 aliphatic carbocycles. The normalized spacial score (nSPS) is 10.7. The van der Waals surface area contributed by atoms with Crippen LogP contribution in [0.15, 0.2) is 40.9 Å². The lowest BCUT2D eigenvalue weighted by molar-refractivity contribution is 0.244. The molecule has 0 bridgehead atoms. The molecule has 21 heavy (non-hydrogen) atoms. The summed E-state index contributed by atoms with van der Waals surface area (Å²) >= 11 is 3.34. The zero-order valence-corrected chi connectivity index (χ0v) is 13.6. The fourth-order valence-electron chi connectivity index (χ4n) is 1.88. The molecule has 3 nitrogen and oxygen atoms in total. The minimum Gasteiger partial charge on any atom is -0.489 e. The number of halogens is 2. The van der Waals surface area contributed by atoms with Gasteiger partial charge in [0.05, 0.1) is 11.8 Å². The third kappa shape index (κ3) is 4.36. The van der Waals surface area contributed by atoms with Gasteiger partial charge in [-0.05, 0) is 44.2 Å². The molecule has 3 N–H and O–H groups in total. The lowest BCUT2D eigenvalue weighted by Crippen LogP contribution is -2.08. The van der Waals surface area contributed by atoms with Gasteiger partial charge in [-0.3, -0.25) is 0 Å². The van der Waals surface area contributed by atoms with E-state index >= 15 is 0 Å². The number of rotatable bonds is 5. The molecule has 0 heterocycles. The number of nitrogens with two attached hydrogens (primary N) is 1. The van der Waals surface area contributed by atoms with E-state index < -0.39 is 0 Å². The van der Waals surface area contributed by atoms with Gasteiger partial charge in [0.2, 0.25) is 0 Å². The Morgan fingerprint density at radius 1 is 1.24 bits per heavy atom. The molecule has 0 aliphatic heterocycles. The summed E-state index contributed by atoms with van der Waals surface area (Å²) in [5.74, 6) is 0.393. The van der Waals surface area contributed by atoms with Crippen molar-refractivity contribution in [1.82, 2.24) is 0 Å². The zero-order chi connectivity index (χ0) is 15.4. The molecule has 0 radical (unpaired) electrons. The van der Waals surface area contributed by atoms with Gasteiger partial charge in [-0.15, -0.1) is 0 Å². The summed E-state index contributed by atoms with van der Waals surface area (Å²) in [7, 11) is 0. The molecule has 0 unspecified atom stereocenters. The van der Waals surface area contributed by atoms with Crippen molar-refractivity contribution in [3.8, 4) is 5.75 Å². The second kappa shape index (κ2) is 6.80. The Balaban J connectivity index is 2.11. The largest absolute Gasteiger partial charge is 0.489 e. The molecule has 0 saturated heterocycles. The third-order valence-corrected chi connectivity index (χ3v) is 3.36. The minimum absolute atomic E-state index is 0.0464. The Hall–Kier alpha value is -1.75. The van der Waals surface area contributed by atoms with Crippen molar-refractivity contribution in [2.75, 3.05) is 11.1 Å². The number of hydrogen-bond acceptors (Lipinski definition) is 3. The van der Waals surface area contributed by atoms with Crippen molar-refractivity contribution in [1.29, 1.82) is 0 Å². The first-order valence-electron chi connectivity index (χ1n) is 6.69. The second-order valence-electron chi connectivity index (χ2n) is 5.01. The molecule has 0 aliphatic rings. The van der Waals surface area contributed by atoms with Crippen molar-refractivity contribution in [2.24, 2.45) is 0 Å². The molecule has 0 atom stereocenters. The molecular weight excluding hydrogens is 335 g/mol. The average molecular weight is 353 g/mol. The molecular formula is C16H18BrFN2O. The van der Waals surface area contributed by atoms with Crippen LogP contribution in [0.3, 0.4) is 0 Å². The van der Waals surface area contributed by atoms with E-state index in [-0.39, 0.29) is 11.9 Å². The molecule has 0 spiro atoms. The number of nitrogens with one attached hydrogen (secondary N) is 1. The summed E-state index contributed by atoms with van der Waals surface area (Å²) in [6.07, 6.45) is 0.0464. The van der Waals surface area contributed by atoms with Crippen molar-refractivity contribution in [3.63, 3.8) is 0 Å². The van der Waals surface area contributed by atoms with Crippen LogP contribution >= 0.6 is 15.9 Å². The van der Waals surface area contributed by atoms with Gasteiger partial charge in [-0.1, -0.05) is 15.9 Å². The highest BCUT2D eigenvalue weighted by Gasteiger charge is 2.06. The van der Waals surface area contributed by atoms with Gasteiger partial charge in [0.25, 0.3) is 0 Å². The Morgan fingerprint density at radius 2 is 2.00 bits per heavy atom. The summed E-state index contributed by atoms with van der Waals surface area (Å²) in [6.45, 7) is 4.27. The first kappa shape index (κ1) is 15.6. The first-order chi connectivity index (χ1) is 9.95. The average Bonchev–Trinajstić information content (AvgIpc) is 2.42. The smallest absolute Gasteiger partial charge is 0.144 e. The topological polar surface area (TPSA) is 47.3 Å². The van der Waals surface area contributed by atoms with Gasteiger partial charge in [-0.25, -0.2) is 4.39 Å². The van der Waals surface area contributed by atoms with Gasteiger partial charge in [0.15, 0.2) is 0 Å². The van der Waals surface area contributed by atoms with Crippen LogP contribution in [0.4, 0.5) is 15.8 Å². The van der Waals surface area contributed by atoms with Crippen molar-refractivity contribution in [2.45, 2.75) is 26.5 Å². The van der Waals surface area contributed by atoms with Crippen LogP contribution < -0.4 is 15.8 Å². The van der Waals surface area contributed by atoms with E-state index in [9.17, 15) is 4.39 Å². The predicted octanol–water partition coefficient (Wildman–Crippen LogP) is 4.57. The Bertz CT molecular complexity index is 632. The van der Waals surface area contributed by atoms with Crippen LogP contribution in [0, 0.1) is 5.82 Å². The molecule has 2 rings (SSSR count). The summed E-state index contributed by atoms with van der Waals surface area (Å²) in [4.78, 5) is 0. The lowest BCUT2D eigenvalue weighted by Gasteiger charge is -2.14. The van der Waals surface area contributed by atoms with Crippen LogP contribution in [0.1, 0.15) is 19.4 Å². The highest BCUT2D eigenvalue weighted by atomic mass is 79.9. The van der Waals surface area contributed by atoms with E-state index in [1.165, 1.54) is 6.07 Å². The molecule has 0 aromatic heterocycles. The summed E-state index contributed by atoms with van der Waals surface area (Å²) in [5.41, 5.74) is 7.88. The predicted molar refractivity (Wildman–Crippen MR) is 88.0 cm³/mol.